The molecule has 1 aliphatic carbocycles. The molecule has 0 N–H and O–H groups in total. The molecule has 1 aromatic rings. The van der Waals surface area contributed by atoms with E-state index in [2.05, 4.69) is 0 Å². The number of rotatable bonds is 5. The highest BCUT2D eigenvalue weighted by Gasteiger charge is 2.37. The summed E-state index contributed by atoms with van der Waals surface area (Å²) in [6.45, 7) is 0.630. The third kappa shape index (κ3) is 3.09. The highest BCUT2D eigenvalue weighted by molar-refractivity contribution is 5.88. The van der Waals surface area contributed by atoms with E-state index in [1.54, 1.807) is 14.2 Å². The van der Waals surface area contributed by atoms with Crippen molar-refractivity contribution in [2.24, 2.45) is 5.92 Å². The number of carbonyl (C=O) groups is 2. The fourth-order valence-corrected chi connectivity index (χ4v) is 3.35. The van der Waals surface area contributed by atoms with Crippen molar-refractivity contribution in [2.75, 3.05) is 20.8 Å². The average molecular weight is 315 g/mol. The Bertz CT molecular complexity index is 665. The van der Waals surface area contributed by atoms with Crippen molar-refractivity contribution in [3.05, 3.63) is 35.5 Å². The molecule has 1 aromatic carbocycles. The summed E-state index contributed by atoms with van der Waals surface area (Å²) in [5.41, 5.74) is 2.13. The first-order valence-electron chi connectivity index (χ1n) is 7.85. The second-order valence-corrected chi connectivity index (χ2v) is 5.96. The highest BCUT2D eigenvalue weighted by Crippen LogP contribution is 2.36. The van der Waals surface area contributed by atoms with Crippen molar-refractivity contribution >= 4 is 11.7 Å². The number of likely N-dealkylation sites (tertiary alicyclic amines) is 1. The van der Waals surface area contributed by atoms with Crippen molar-refractivity contribution < 1.29 is 19.1 Å². The van der Waals surface area contributed by atoms with Gasteiger partial charge in [0.15, 0.2) is 11.5 Å². The fraction of sp³-hybridized carbons (Fsp3) is 0.444. The largest absolute Gasteiger partial charge is 0.493 e. The van der Waals surface area contributed by atoms with E-state index in [1.807, 2.05) is 29.2 Å². The minimum Gasteiger partial charge on any atom is -0.493 e. The maximum atomic E-state index is 12.2. The molecule has 0 unspecified atom stereocenters. The van der Waals surface area contributed by atoms with Crippen molar-refractivity contribution in [3.63, 3.8) is 0 Å². The molecule has 5 nitrogen and oxygen atoms in total. The Hall–Kier alpha value is -2.30. The number of hydrogen-bond donors (Lipinski definition) is 0. The second-order valence-electron chi connectivity index (χ2n) is 5.96. The predicted molar refractivity (Wildman–Crippen MR) is 85.4 cm³/mol. The molecule has 23 heavy (non-hydrogen) atoms. The zero-order valence-corrected chi connectivity index (χ0v) is 13.5. The second kappa shape index (κ2) is 6.44. The van der Waals surface area contributed by atoms with Crippen LogP contribution in [0.15, 0.2) is 30.0 Å². The van der Waals surface area contributed by atoms with Crippen molar-refractivity contribution in [3.8, 4) is 11.5 Å². The van der Waals surface area contributed by atoms with Crippen LogP contribution < -0.4 is 9.47 Å². The number of ketones is 1. The zero-order chi connectivity index (χ0) is 16.4. The normalized spacial score (nSPS) is 20.3. The van der Waals surface area contributed by atoms with Crippen molar-refractivity contribution in [2.45, 2.75) is 25.7 Å². The SMILES string of the molecule is COc1ccc(CCN2C(=O)C[C@H]3CC(=O)CC=C32)cc1OC. The van der Waals surface area contributed by atoms with Crippen LogP contribution in [0.2, 0.25) is 0 Å². The summed E-state index contributed by atoms with van der Waals surface area (Å²) >= 11 is 0. The minimum atomic E-state index is 0.0918. The number of nitrogens with zero attached hydrogens (tertiary/aromatic N) is 1. The van der Waals surface area contributed by atoms with Gasteiger partial charge in [-0.05, 0) is 24.1 Å². The average Bonchev–Trinajstić information content (AvgIpc) is 2.86. The van der Waals surface area contributed by atoms with E-state index in [0.29, 0.717) is 37.3 Å². The van der Waals surface area contributed by atoms with E-state index >= 15 is 0 Å². The molecule has 0 aromatic heterocycles. The molecule has 0 bridgehead atoms. The van der Waals surface area contributed by atoms with Crippen LogP contribution in [-0.2, 0) is 16.0 Å². The Labute approximate surface area is 135 Å². The lowest BCUT2D eigenvalue weighted by Crippen LogP contribution is -2.27. The van der Waals surface area contributed by atoms with E-state index < -0.39 is 0 Å². The van der Waals surface area contributed by atoms with Crippen LogP contribution in [0.4, 0.5) is 0 Å². The molecule has 0 spiro atoms. The smallest absolute Gasteiger partial charge is 0.227 e. The van der Waals surface area contributed by atoms with Crippen LogP contribution in [0.1, 0.15) is 24.8 Å². The van der Waals surface area contributed by atoms with E-state index in [4.69, 9.17) is 9.47 Å². The lowest BCUT2D eigenvalue weighted by Gasteiger charge is -2.23. The number of amides is 1. The molecule has 2 aliphatic rings. The molecule has 1 heterocycles. The summed E-state index contributed by atoms with van der Waals surface area (Å²) in [6.07, 6.45) is 4.08. The molecule has 1 aliphatic heterocycles. The van der Waals surface area contributed by atoms with Crippen LogP contribution in [-0.4, -0.2) is 37.4 Å². The minimum absolute atomic E-state index is 0.0918. The monoisotopic (exact) mass is 315 g/mol. The van der Waals surface area contributed by atoms with Crippen molar-refractivity contribution in [1.29, 1.82) is 0 Å². The summed E-state index contributed by atoms with van der Waals surface area (Å²) in [7, 11) is 3.22. The van der Waals surface area contributed by atoms with Gasteiger partial charge in [-0.3, -0.25) is 9.59 Å². The number of benzene rings is 1. The molecule has 3 rings (SSSR count). The molecule has 0 saturated carbocycles. The van der Waals surface area contributed by atoms with Gasteiger partial charge in [0.05, 0.1) is 14.2 Å². The van der Waals surface area contributed by atoms with Gasteiger partial charge in [-0.1, -0.05) is 12.1 Å². The Morgan fingerprint density at radius 3 is 2.65 bits per heavy atom. The van der Waals surface area contributed by atoms with Gasteiger partial charge in [-0.2, -0.15) is 0 Å². The van der Waals surface area contributed by atoms with Gasteiger partial charge in [0.2, 0.25) is 5.91 Å². The predicted octanol–water partition coefficient (Wildman–Crippen LogP) is 2.34. The zero-order valence-electron chi connectivity index (χ0n) is 13.5. The third-order valence-electron chi connectivity index (χ3n) is 4.54. The summed E-state index contributed by atoms with van der Waals surface area (Å²) < 4.78 is 10.5. The summed E-state index contributed by atoms with van der Waals surface area (Å²) in [6, 6.07) is 5.80. The number of fused-ring (bicyclic) bond motifs is 1. The van der Waals surface area contributed by atoms with Gasteiger partial charge in [-0.25, -0.2) is 0 Å². The number of carbonyl (C=O) groups excluding carboxylic acids is 2. The van der Waals surface area contributed by atoms with E-state index in [0.717, 1.165) is 17.7 Å². The molecule has 1 atom stereocenters. The van der Waals surface area contributed by atoms with Gasteiger partial charge >= 0.3 is 0 Å². The Morgan fingerprint density at radius 1 is 1.13 bits per heavy atom. The molecule has 122 valence electrons. The van der Waals surface area contributed by atoms with Gasteiger partial charge in [0, 0.05) is 37.4 Å². The van der Waals surface area contributed by atoms with Crippen LogP contribution in [0, 0.1) is 5.92 Å². The van der Waals surface area contributed by atoms with Gasteiger partial charge in [-0.15, -0.1) is 0 Å². The molecule has 1 amide bonds. The van der Waals surface area contributed by atoms with E-state index in [-0.39, 0.29) is 17.6 Å². The van der Waals surface area contributed by atoms with Gasteiger partial charge < -0.3 is 14.4 Å². The molecule has 5 heteroatoms. The standard InChI is InChI=1S/C18H21NO4/c1-22-16-6-3-12(9-17(16)23-2)7-8-19-15-5-4-14(20)10-13(15)11-18(19)21/h3,5-6,9,13H,4,7-8,10-11H2,1-2H3/t13-/m1/s1. The Morgan fingerprint density at radius 2 is 1.91 bits per heavy atom. The molecular formula is C18H21NO4. The van der Waals surface area contributed by atoms with Crippen LogP contribution in [0.25, 0.3) is 0 Å². The maximum Gasteiger partial charge on any atom is 0.227 e. The molecule has 1 saturated heterocycles. The summed E-state index contributed by atoms with van der Waals surface area (Å²) in [5, 5.41) is 0. The first-order chi connectivity index (χ1) is 11.1. The van der Waals surface area contributed by atoms with Crippen LogP contribution in [0.5, 0.6) is 11.5 Å². The van der Waals surface area contributed by atoms with Crippen LogP contribution in [0.3, 0.4) is 0 Å². The molecular weight excluding hydrogens is 294 g/mol. The van der Waals surface area contributed by atoms with E-state index in [9.17, 15) is 9.59 Å². The quantitative estimate of drug-likeness (QED) is 0.837. The maximum absolute atomic E-state index is 12.2. The highest BCUT2D eigenvalue weighted by atomic mass is 16.5. The van der Waals surface area contributed by atoms with E-state index in [1.165, 1.54) is 0 Å². The van der Waals surface area contributed by atoms with Crippen molar-refractivity contribution in [1.82, 2.24) is 4.90 Å². The van der Waals surface area contributed by atoms with Gasteiger partial charge in [0.25, 0.3) is 0 Å². The van der Waals surface area contributed by atoms with Crippen LogP contribution >= 0.6 is 0 Å². The number of hydrogen-bond acceptors (Lipinski definition) is 4. The Balaban J connectivity index is 1.70. The van der Waals surface area contributed by atoms with Gasteiger partial charge in [0.1, 0.15) is 5.78 Å². The topological polar surface area (TPSA) is 55.8 Å². The first-order valence-corrected chi connectivity index (χ1v) is 7.85. The number of allylic oxidation sites excluding steroid dienone is 2. The summed E-state index contributed by atoms with van der Waals surface area (Å²) in [5.74, 6) is 1.83. The number of ether oxygens (including phenoxy) is 2. The lowest BCUT2D eigenvalue weighted by molar-refractivity contribution is -0.126. The fourth-order valence-electron chi connectivity index (χ4n) is 3.35. The molecule has 0 radical (unpaired) electrons. The lowest BCUT2D eigenvalue weighted by atomic mass is 9.91. The third-order valence-corrected chi connectivity index (χ3v) is 4.54. The molecule has 1 fully saturated rings. The summed E-state index contributed by atoms with van der Waals surface area (Å²) in [4.78, 5) is 25.6. The Kier molecular flexibility index (Phi) is 4.37. The first kappa shape index (κ1) is 15.6. The number of Topliss-reactive ketones (excluding diaryl/α,β-unsaturated/α-hetero) is 1. The number of methoxy groups -OCH3 is 2.